The molecule has 3 N–H and O–H groups in total. The van der Waals surface area contributed by atoms with Crippen molar-refractivity contribution >= 4 is 11.8 Å². The van der Waals surface area contributed by atoms with E-state index in [2.05, 4.69) is 5.32 Å². The highest BCUT2D eigenvalue weighted by Crippen LogP contribution is 2.22. The largest absolute Gasteiger partial charge is 0.381 e. The van der Waals surface area contributed by atoms with Crippen LogP contribution in [0, 0.1) is 11.8 Å². The molecule has 0 unspecified atom stereocenters. The molecule has 2 heterocycles. The first-order chi connectivity index (χ1) is 13.1. The molecule has 6 heteroatoms. The van der Waals surface area contributed by atoms with Crippen LogP contribution in [0.1, 0.15) is 31.2 Å². The third kappa shape index (κ3) is 5.78. The maximum absolute atomic E-state index is 12.6. The predicted molar refractivity (Wildman–Crippen MR) is 104 cm³/mol. The van der Waals surface area contributed by atoms with Crippen LogP contribution >= 0.6 is 0 Å². The molecule has 0 aromatic heterocycles. The van der Waals surface area contributed by atoms with Gasteiger partial charge in [-0.1, -0.05) is 30.3 Å². The van der Waals surface area contributed by atoms with Crippen LogP contribution in [0.15, 0.2) is 30.3 Å². The Morgan fingerprint density at radius 1 is 1.11 bits per heavy atom. The second kappa shape index (κ2) is 9.85. The minimum absolute atomic E-state index is 0.0976. The van der Waals surface area contributed by atoms with E-state index in [1.165, 1.54) is 0 Å². The van der Waals surface area contributed by atoms with Gasteiger partial charge < -0.3 is 20.7 Å². The Morgan fingerprint density at radius 2 is 1.78 bits per heavy atom. The summed E-state index contributed by atoms with van der Waals surface area (Å²) in [6.45, 7) is 3.60. The number of amides is 2. The number of ether oxygens (including phenoxy) is 1. The predicted octanol–water partition coefficient (Wildman–Crippen LogP) is 1.34. The van der Waals surface area contributed by atoms with E-state index in [9.17, 15) is 9.59 Å². The summed E-state index contributed by atoms with van der Waals surface area (Å²) < 4.78 is 5.34. The number of rotatable bonds is 6. The van der Waals surface area contributed by atoms with Gasteiger partial charge in [-0.05, 0) is 43.6 Å². The van der Waals surface area contributed by atoms with Crippen LogP contribution in [-0.4, -0.2) is 55.6 Å². The molecule has 0 radical (unpaired) electrons. The van der Waals surface area contributed by atoms with Crippen molar-refractivity contribution in [2.75, 3.05) is 32.8 Å². The van der Waals surface area contributed by atoms with E-state index >= 15 is 0 Å². The highest BCUT2D eigenvalue weighted by atomic mass is 16.5. The lowest BCUT2D eigenvalue weighted by atomic mass is 9.93. The van der Waals surface area contributed by atoms with E-state index in [1.54, 1.807) is 0 Å². The zero-order valence-electron chi connectivity index (χ0n) is 15.9. The van der Waals surface area contributed by atoms with Crippen molar-refractivity contribution in [3.8, 4) is 0 Å². The molecule has 2 saturated heterocycles. The molecule has 0 saturated carbocycles. The maximum atomic E-state index is 12.6. The number of carbonyl (C=O) groups is 2. The lowest BCUT2D eigenvalue weighted by Crippen LogP contribution is -2.47. The number of hydrogen-bond donors (Lipinski definition) is 2. The molecular formula is C21H31N3O3. The first kappa shape index (κ1) is 19.8. The van der Waals surface area contributed by atoms with Crippen LogP contribution in [0.2, 0.25) is 0 Å². The molecule has 148 valence electrons. The number of nitrogens with one attached hydrogen (secondary N) is 1. The van der Waals surface area contributed by atoms with Gasteiger partial charge in [0, 0.05) is 38.8 Å². The minimum atomic E-state index is -0.525. The standard InChI is InChI=1S/C21H31N3O3/c22-19(14-16-4-2-1-3-5-16)20(25)23-15-17-6-10-24(11-7-17)21(26)18-8-12-27-13-9-18/h1-5,17-19H,6-15,22H2,(H,23,25)/t19-/m1/s1. The van der Waals surface area contributed by atoms with E-state index in [-0.39, 0.29) is 17.7 Å². The Morgan fingerprint density at radius 3 is 2.44 bits per heavy atom. The van der Waals surface area contributed by atoms with Gasteiger partial charge in [0.05, 0.1) is 6.04 Å². The van der Waals surface area contributed by atoms with Crippen molar-refractivity contribution in [2.45, 2.75) is 38.1 Å². The zero-order valence-corrected chi connectivity index (χ0v) is 15.9. The summed E-state index contributed by atoms with van der Waals surface area (Å²) in [4.78, 5) is 26.8. The van der Waals surface area contributed by atoms with Gasteiger partial charge in [0.1, 0.15) is 0 Å². The quantitative estimate of drug-likeness (QED) is 0.788. The number of piperidine rings is 1. The van der Waals surface area contributed by atoms with E-state index in [0.717, 1.165) is 44.3 Å². The lowest BCUT2D eigenvalue weighted by molar-refractivity contribution is -0.140. The number of carbonyl (C=O) groups excluding carboxylic acids is 2. The second-order valence-electron chi connectivity index (χ2n) is 7.70. The molecule has 2 aliphatic heterocycles. The Hall–Kier alpha value is -1.92. The molecular weight excluding hydrogens is 342 g/mol. The molecule has 1 atom stereocenters. The summed E-state index contributed by atoms with van der Waals surface area (Å²) in [5.41, 5.74) is 7.10. The summed E-state index contributed by atoms with van der Waals surface area (Å²) in [6.07, 6.45) is 4.10. The lowest BCUT2D eigenvalue weighted by Gasteiger charge is -2.35. The topological polar surface area (TPSA) is 84.7 Å². The normalized spacial score (nSPS) is 20.3. The van der Waals surface area contributed by atoms with E-state index in [1.807, 2.05) is 35.2 Å². The van der Waals surface area contributed by atoms with Crippen LogP contribution < -0.4 is 11.1 Å². The van der Waals surface area contributed by atoms with Crippen LogP contribution in [0.25, 0.3) is 0 Å². The number of benzene rings is 1. The van der Waals surface area contributed by atoms with Crippen molar-refractivity contribution in [1.82, 2.24) is 10.2 Å². The Labute approximate surface area is 161 Å². The molecule has 1 aromatic carbocycles. The summed E-state index contributed by atoms with van der Waals surface area (Å²) in [6, 6.07) is 9.30. The third-order valence-electron chi connectivity index (χ3n) is 5.70. The fourth-order valence-corrected chi connectivity index (χ4v) is 3.90. The molecule has 1 aromatic rings. The summed E-state index contributed by atoms with van der Waals surface area (Å²) in [5.74, 6) is 0.729. The molecule has 2 fully saturated rings. The van der Waals surface area contributed by atoms with Gasteiger partial charge >= 0.3 is 0 Å². The zero-order chi connectivity index (χ0) is 19.1. The average molecular weight is 373 g/mol. The summed E-state index contributed by atoms with van der Waals surface area (Å²) in [5, 5.41) is 3.00. The highest BCUT2D eigenvalue weighted by Gasteiger charge is 2.29. The van der Waals surface area contributed by atoms with Crippen molar-refractivity contribution in [1.29, 1.82) is 0 Å². The van der Waals surface area contributed by atoms with Gasteiger partial charge in [-0.25, -0.2) is 0 Å². The van der Waals surface area contributed by atoms with Crippen molar-refractivity contribution in [3.05, 3.63) is 35.9 Å². The molecule has 2 amide bonds. The molecule has 0 aliphatic carbocycles. The van der Waals surface area contributed by atoms with Crippen LogP contribution in [0.4, 0.5) is 0 Å². The second-order valence-corrected chi connectivity index (χ2v) is 7.70. The van der Waals surface area contributed by atoms with Crippen LogP contribution in [0.5, 0.6) is 0 Å². The van der Waals surface area contributed by atoms with Crippen molar-refractivity contribution in [3.63, 3.8) is 0 Å². The molecule has 6 nitrogen and oxygen atoms in total. The monoisotopic (exact) mass is 373 g/mol. The third-order valence-corrected chi connectivity index (χ3v) is 5.70. The molecule has 27 heavy (non-hydrogen) atoms. The average Bonchev–Trinajstić information content (AvgIpc) is 2.73. The van der Waals surface area contributed by atoms with E-state index < -0.39 is 6.04 Å². The molecule has 0 bridgehead atoms. The molecule has 0 spiro atoms. The number of likely N-dealkylation sites (tertiary alicyclic amines) is 1. The number of hydrogen-bond acceptors (Lipinski definition) is 4. The van der Waals surface area contributed by atoms with Crippen molar-refractivity contribution in [2.24, 2.45) is 17.6 Å². The number of nitrogens with zero attached hydrogens (tertiary/aromatic N) is 1. The maximum Gasteiger partial charge on any atom is 0.237 e. The highest BCUT2D eigenvalue weighted by molar-refractivity contribution is 5.81. The Balaban J connectivity index is 1.36. The SMILES string of the molecule is N[C@H](Cc1ccccc1)C(=O)NCC1CCN(C(=O)C2CCOCC2)CC1. The fourth-order valence-electron chi connectivity index (χ4n) is 3.90. The Kier molecular flexibility index (Phi) is 7.24. The summed E-state index contributed by atoms with van der Waals surface area (Å²) in [7, 11) is 0. The first-order valence-corrected chi connectivity index (χ1v) is 10.1. The number of nitrogens with two attached hydrogens (primary N) is 1. The summed E-state index contributed by atoms with van der Waals surface area (Å²) >= 11 is 0. The van der Waals surface area contributed by atoms with E-state index in [0.29, 0.717) is 32.1 Å². The van der Waals surface area contributed by atoms with Gasteiger partial charge in [-0.15, -0.1) is 0 Å². The minimum Gasteiger partial charge on any atom is -0.381 e. The van der Waals surface area contributed by atoms with Gasteiger partial charge in [0.2, 0.25) is 11.8 Å². The van der Waals surface area contributed by atoms with Gasteiger partial charge in [0.25, 0.3) is 0 Å². The van der Waals surface area contributed by atoms with Gasteiger partial charge in [0.15, 0.2) is 0 Å². The van der Waals surface area contributed by atoms with Crippen LogP contribution in [-0.2, 0) is 20.7 Å². The fraction of sp³-hybridized carbons (Fsp3) is 0.619. The van der Waals surface area contributed by atoms with E-state index in [4.69, 9.17) is 10.5 Å². The molecule has 2 aliphatic rings. The van der Waals surface area contributed by atoms with Gasteiger partial charge in [-0.2, -0.15) is 0 Å². The van der Waals surface area contributed by atoms with Crippen LogP contribution in [0.3, 0.4) is 0 Å². The van der Waals surface area contributed by atoms with Crippen molar-refractivity contribution < 1.29 is 14.3 Å². The first-order valence-electron chi connectivity index (χ1n) is 10.1. The van der Waals surface area contributed by atoms with Gasteiger partial charge in [-0.3, -0.25) is 9.59 Å². The Bertz CT molecular complexity index is 608. The smallest absolute Gasteiger partial charge is 0.237 e. The molecule has 3 rings (SSSR count).